The molecule has 0 radical (unpaired) electrons. The molecule has 0 amide bonds. The molecule has 0 aliphatic rings. The van der Waals surface area contributed by atoms with Crippen LogP contribution in [0.4, 0.5) is 0 Å². The first kappa shape index (κ1) is 6.69. The maximum absolute atomic E-state index is 5.78. The predicted molar refractivity (Wildman–Crippen MR) is 39.9 cm³/mol. The highest BCUT2D eigenvalue weighted by atomic mass is 35.5. The molecule has 1 N–H and O–H groups in total. The van der Waals surface area contributed by atoms with Crippen LogP contribution < -0.4 is 0 Å². The van der Waals surface area contributed by atoms with Gasteiger partial charge in [0.15, 0.2) is 0 Å². The van der Waals surface area contributed by atoms with Gasteiger partial charge >= 0.3 is 0 Å². The molecular weight excluding hydrogens is 134 g/mol. The number of aromatic nitrogens is 1. The molecule has 0 spiro atoms. The van der Waals surface area contributed by atoms with E-state index in [0.717, 1.165) is 5.15 Å². The summed E-state index contributed by atoms with van der Waals surface area (Å²) in [5, 5.41) is 0.769. The highest BCUT2D eigenvalue weighted by Gasteiger charge is 2.03. The third-order valence-corrected chi connectivity index (χ3v) is 1.68. The van der Waals surface area contributed by atoms with E-state index in [0.29, 0.717) is 5.92 Å². The van der Waals surface area contributed by atoms with Crippen molar-refractivity contribution in [2.24, 2.45) is 0 Å². The Hall–Kier alpha value is -0.430. The van der Waals surface area contributed by atoms with Gasteiger partial charge in [-0.3, -0.25) is 0 Å². The Kier molecular flexibility index (Phi) is 1.81. The van der Waals surface area contributed by atoms with Gasteiger partial charge in [-0.05, 0) is 17.5 Å². The van der Waals surface area contributed by atoms with E-state index in [1.807, 2.05) is 12.3 Å². The van der Waals surface area contributed by atoms with Gasteiger partial charge in [-0.1, -0.05) is 25.4 Å². The lowest BCUT2D eigenvalue weighted by molar-refractivity contribution is 0.869. The average molecular weight is 144 g/mol. The van der Waals surface area contributed by atoms with Crippen molar-refractivity contribution in [2.75, 3.05) is 0 Å². The Bertz CT molecular complexity index is 191. The van der Waals surface area contributed by atoms with E-state index < -0.39 is 0 Å². The van der Waals surface area contributed by atoms with Gasteiger partial charge in [0.25, 0.3) is 0 Å². The molecule has 0 aliphatic heterocycles. The molecule has 9 heavy (non-hydrogen) atoms. The predicted octanol–water partition coefficient (Wildman–Crippen LogP) is 2.79. The third-order valence-electron chi connectivity index (χ3n) is 1.35. The molecule has 1 rings (SSSR count). The van der Waals surface area contributed by atoms with Gasteiger partial charge in [-0.2, -0.15) is 0 Å². The monoisotopic (exact) mass is 143 g/mol. The van der Waals surface area contributed by atoms with Gasteiger partial charge in [0, 0.05) is 6.20 Å². The molecule has 0 aliphatic carbocycles. The molecule has 2 heteroatoms. The summed E-state index contributed by atoms with van der Waals surface area (Å²) in [6.07, 6.45) is 1.86. The molecule has 0 saturated heterocycles. The Morgan fingerprint density at radius 3 is 2.44 bits per heavy atom. The van der Waals surface area contributed by atoms with E-state index in [-0.39, 0.29) is 0 Å². The van der Waals surface area contributed by atoms with Crippen molar-refractivity contribution < 1.29 is 0 Å². The van der Waals surface area contributed by atoms with Crippen LogP contribution in [-0.4, -0.2) is 4.98 Å². The minimum atomic E-state index is 0.517. The number of H-pyrrole nitrogens is 1. The van der Waals surface area contributed by atoms with Crippen LogP contribution in [-0.2, 0) is 0 Å². The lowest BCUT2D eigenvalue weighted by Crippen LogP contribution is -1.82. The van der Waals surface area contributed by atoms with E-state index in [4.69, 9.17) is 11.6 Å². The maximum atomic E-state index is 5.78. The molecule has 0 unspecified atom stereocenters. The molecule has 0 saturated carbocycles. The number of aromatic amines is 1. The van der Waals surface area contributed by atoms with Crippen LogP contribution in [0, 0.1) is 0 Å². The number of nitrogens with one attached hydrogen (secondary N) is 1. The van der Waals surface area contributed by atoms with Gasteiger partial charge in [0.05, 0.1) is 0 Å². The molecule has 1 aromatic heterocycles. The van der Waals surface area contributed by atoms with Gasteiger partial charge < -0.3 is 4.98 Å². The molecule has 0 fully saturated rings. The smallest absolute Gasteiger partial charge is 0.109 e. The van der Waals surface area contributed by atoms with E-state index in [1.165, 1.54) is 5.56 Å². The zero-order valence-electron chi connectivity index (χ0n) is 5.61. The fourth-order valence-electron chi connectivity index (χ4n) is 0.807. The van der Waals surface area contributed by atoms with Crippen LogP contribution >= 0.6 is 11.6 Å². The summed E-state index contributed by atoms with van der Waals surface area (Å²) in [6, 6.07) is 2.01. The van der Waals surface area contributed by atoms with Crippen LogP contribution in [0.5, 0.6) is 0 Å². The Labute approximate surface area is 60.0 Å². The largest absolute Gasteiger partial charge is 0.352 e. The van der Waals surface area contributed by atoms with Crippen molar-refractivity contribution in [1.82, 2.24) is 4.98 Å². The third kappa shape index (κ3) is 1.28. The summed E-state index contributed by atoms with van der Waals surface area (Å²) in [6.45, 7) is 4.24. The summed E-state index contributed by atoms with van der Waals surface area (Å²) >= 11 is 5.78. The van der Waals surface area contributed by atoms with Crippen molar-refractivity contribution in [3.63, 3.8) is 0 Å². The standard InChI is InChI=1S/C7H10ClN/c1-5(2)6-3-4-9-7(6)8/h3-5,9H,1-2H3. The molecule has 0 aromatic carbocycles. The lowest BCUT2D eigenvalue weighted by Gasteiger charge is -1.99. The number of halogens is 1. The first-order chi connectivity index (χ1) is 4.22. The van der Waals surface area contributed by atoms with Crippen molar-refractivity contribution in [2.45, 2.75) is 19.8 Å². The van der Waals surface area contributed by atoms with E-state index in [2.05, 4.69) is 18.8 Å². The van der Waals surface area contributed by atoms with Crippen LogP contribution in [0.2, 0.25) is 5.15 Å². The van der Waals surface area contributed by atoms with Crippen LogP contribution in [0.15, 0.2) is 12.3 Å². The molecule has 1 heterocycles. The van der Waals surface area contributed by atoms with E-state index >= 15 is 0 Å². The highest BCUT2D eigenvalue weighted by Crippen LogP contribution is 2.21. The van der Waals surface area contributed by atoms with E-state index in [1.54, 1.807) is 0 Å². The van der Waals surface area contributed by atoms with E-state index in [9.17, 15) is 0 Å². The average Bonchev–Trinajstić information content (AvgIpc) is 2.13. The number of hydrogen-bond donors (Lipinski definition) is 1. The van der Waals surface area contributed by atoms with Gasteiger partial charge in [-0.25, -0.2) is 0 Å². The molecule has 50 valence electrons. The zero-order chi connectivity index (χ0) is 6.85. The lowest BCUT2D eigenvalue weighted by atomic mass is 10.1. The Balaban J connectivity index is 2.94. The quantitative estimate of drug-likeness (QED) is 0.622. The van der Waals surface area contributed by atoms with Crippen LogP contribution in [0.3, 0.4) is 0 Å². The number of hydrogen-bond acceptors (Lipinski definition) is 0. The first-order valence-corrected chi connectivity index (χ1v) is 3.42. The summed E-state index contributed by atoms with van der Waals surface area (Å²) < 4.78 is 0. The molecule has 1 nitrogen and oxygen atoms in total. The van der Waals surface area contributed by atoms with Gasteiger partial charge in [0.1, 0.15) is 5.15 Å². The summed E-state index contributed by atoms with van der Waals surface area (Å²) in [7, 11) is 0. The number of rotatable bonds is 1. The van der Waals surface area contributed by atoms with Gasteiger partial charge in [-0.15, -0.1) is 0 Å². The Morgan fingerprint density at radius 1 is 1.56 bits per heavy atom. The normalized spacial score (nSPS) is 10.7. The second kappa shape index (κ2) is 2.44. The minimum absolute atomic E-state index is 0.517. The molecular formula is C7H10ClN. The Morgan fingerprint density at radius 2 is 2.22 bits per heavy atom. The van der Waals surface area contributed by atoms with Crippen molar-refractivity contribution >= 4 is 11.6 Å². The van der Waals surface area contributed by atoms with Crippen LogP contribution in [0.25, 0.3) is 0 Å². The highest BCUT2D eigenvalue weighted by molar-refractivity contribution is 6.30. The topological polar surface area (TPSA) is 15.8 Å². The zero-order valence-corrected chi connectivity index (χ0v) is 6.37. The van der Waals surface area contributed by atoms with Crippen molar-refractivity contribution in [3.8, 4) is 0 Å². The van der Waals surface area contributed by atoms with Crippen LogP contribution in [0.1, 0.15) is 25.3 Å². The first-order valence-electron chi connectivity index (χ1n) is 3.04. The maximum Gasteiger partial charge on any atom is 0.109 e. The second-order valence-electron chi connectivity index (χ2n) is 2.40. The SMILES string of the molecule is CC(C)c1cc[nH]c1Cl. The molecule has 0 atom stereocenters. The summed E-state index contributed by atoms with van der Waals surface area (Å²) in [5.41, 5.74) is 1.19. The second-order valence-corrected chi connectivity index (χ2v) is 2.78. The fourth-order valence-corrected chi connectivity index (χ4v) is 1.15. The fraction of sp³-hybridized carbons (Fsp3) is 0.429. The summed E-state index contributed by atoms with van der Waals surface area (Å²) in [5.74, 6) is 0.517. The van der Waals surface area contributed by atoms with Crippen molar-refractivity contribution in [3.05, 3.63) is 23.0 Å². The minimum Gasteiger partial charge on any atom is -0.352 e. The van der Waals surface area contributed by atoms with Gasteiger partial charge in [0.2, 0.25) is 0 Å². The van der Waals surface area contributed by atoms with Crippen molar-refractivity contribution in [1.29, 1.82) is 0 Å². The summed E-state index contributed by atoms with van der Waals surface area (Å²) in [4.78, 5) is 2.92. The molecule has 1 aromatic rings. The molecule has 0 bridgehead atoms.